The summed E-state index contributed by atoms with van der Waals surface area (Å²) in [5, 5.41) is 22.9. The zero-order chi connectivity index (χ0) is 15.5. The van der Waals surface area contributed by atoms with Crippen molar-refractivity contribution in [1.29, 1.82) is 0 Å². The predicted octanol–water partition coefficient (Wildman–Crippen LogP) is 3.73. The highest BCUT2D eigenvalue weighted by atomic mass is 16.3. The van der Waals surface area contributed by atoms with E-state index in [9.17, 15) is 10.2 Å². The van der Waals surface area contributed by atoms with Gasteiger partial charge in [0.2, 0.25) is 0 Å². The molecule has 0 bridgehead atoms. The molecule has 1 unspecified atom stereocenters. The summed E-state index contributed by atoms with van der Waals surface area (Å²) in [4.78, 5) is 0. The minimum Gasteiger partial charge on any atom is -0.508 e. The Kier molecular flexibility index (Phi) is 4.53. The summed E-state index contributed by atoms with van der Waals surface area (Å²) in [7, 11) is 0. The second-order valence-corrected chi connectivity index (χ2v) is 6.10. The molecule has 0 aromatic heterocycles. The molecule has 3 N–H and O–H groups in total. The third kappa shape index (κ3) is 3.76. The number of benzene rings is 2. The number of hydrogen-bond acceptors (Lipinski definition) is 3. The molecule has 3 nitrogen and oxygen atoms in total. The molecule has 1 atom stereocenters. The molecule has 0 aliphatic heterocycles. The summed E-state index contributed by atoms with van der Waals surface area (Å²) in [6.45, 7) is 7.12. The van der Waals surface area contributed by atoms with Crippen molar-refractivity contribution in [2.75, 3.05) is 6.54 Å². The topological polar surface area (TPSA) is 52.5 Å². The van der Waals surface area contributed by atoms with Gasteiger partial charge in [-0.15, -0.1) is 0 Å². The molecule has 0 spiro atoms. The van der Waals surface area contributed by atoms with Gasteiger partial charge in [-0.2, -0.15) is 0 Å². The number of hydrogen-bond donors (Lipinski definition) is 3. The average Bonchev–Trinajstić information content (AvgIpc) is 2.48. The summed E-state index contributed by atoms with van der Waals surface area (Å²) in [5.74, 6) is 0.365. The SMILES string of the molecule is CC(NCC(C)(C)c1ccccc1)c1cc(O)ccc1O. The molecule has 2 rings (SSSR count). The molecule has 0 saturated heterocycles. The minimum absolute atomic E-state index is 0.0119. The molecule has 0 aliphatic rings. The zero-order valence-corrected chi connectivity index (χ0v) is 12.8. The summed E-state index contributed by atoms with van der Waals surface area (Å²) in [6.07, 6.45) is 0. The Morgan fingerprint density at radius 3 is 2.38 bits per heavy atom. The van der Waals surface area contributed by atoms with E-state index >= 15 is 0 Å². The van der Waals surface area contributed by atoms with Crippen LogP contribution in [0.3, 0.4) is 0 Å². The van der Waals surface area contributed by atoms with E-state index in [2.05, 4.69) is 31.3 Å². The standard InChI is InChI=1S/C18H23NO2/c1-13(16-11-15(20)9-10-17(16)21)19-12-18(2,3)14-7-5-4-6-8-14/h4-11,13,19-21H,12H2,1-3H3. The monoisotopic (exact) mass is 285 g/mol. The van der Waals surface area contributed by atoms with Crippen LogP contribution in [0.25, 0.3) is 0 Å². The maximum absolute atomic E-state index is 9.90. The van der Waals surface area contributed by atoms with Gasteiger partial charge in [-0.25, -0.2) is 0 Å². The molecule has 21 heavy (non-hydrogen) atoms. The molecule has 2 aromatic rings. The lowest BCUT2D eigenvalue weighted by Crippen LogP contribution is -2.34. The minimum atomic E-state index is -0.0416. The van der Waals surface area contributed by atoms with Gasteiger partial charge in [-0.3, -0.25) is 0 Å². The Morgan fingerprint density at radius 1 is 1.05 bits per heavy atom. The van der Waals surface area contributed by atoms with Crippen molar-refractivity contribution in [3.63, 3.8) is 0 Å². The molecular weight excluding hydrogens is 262 g/mol. The van der Waals surface area contributed by atoms with E-state index in [1.807, 2.05) is 25.1 Å². The van der Waals surface area contributed by atoms with E-state index in [0.29, 0.717) is 5.56 Å². The largest absolute Gasteiger partial charge is 0.508 e. The van der Waals surface area contributed by atoms with Gasteiger partial charge in [0.1, 0.15) is 11.5 Å². The molecule has 0 radical (unpaired) electrons. The molecule has 2 aromatic carbocycles. The van der Waals surface area contributed by atoms with Crippen LogP contribution in [0, 0.1) is 0 Å². The summed E-state index contributed by atoms with van der Waals surface area (Å²) >= 11 is 0. The first-order chi connectivity index (χ1) is 9.90. The van der Waals surface area contributed by atoms with Crippen LogP contribution in [0.5, 0.6) is 11.5 Å². The van der Waals surface area contributed by atoms with Crippen LogP contribution in [-0.4, -0.2) is 16.8 Å². The van der Waals surface area contributed by atoms with Crippen molar-refractivity contribution >= 4 is 0 Å². The summed E-state index contributed by atoms with van der Waals surface area (Å²) in [6, 6.07) is 14.9. The lowest BCUT2D eigenvalue weighted by Gasteiger charge is -2.28. The van der Waals surface area contributed by atoms with Gasteiger partial charge in [0, 0.05) is 23.6 Å². The smallest absolute Gasteiger partial charge is 0.120 e. The third-order valence-corrected chi connectivity index (χ3v) is 3.88. The van der Waals surface area contributed by atoms with Crippen molar-refractivity contribution in [3.05, 3.63) is 59.7 Å². The van der Waals surface area contributed by atoms with Gasteiger partial charge < -0.3 is 15.5 Å². The molecule has 0 heterocycles. The van der Waals surface area contributed by atoms with E-state index in [-0.39, 0.29) is 23.0 Å². The maximum atomic E-state index is 9.90. The summed E-state index contributed by atoms with van der Waals surface area (Å²) in [5.41, 5.74) is 1.96. The first-order valence-corrected chi connectivity index (χ1v) is 7.21. The third-order valence-electron chi connectivity index (χ3n) is 3.88. The Balaban J connectivity index is 2.07. The number of nitrogens with one attached hydrogen (secondary N) is 1. The van der Waals surface area contributed by atoms with Crippen molar-refractivity contribution in [2.24, 2.45) is 0 Å². The van der Waals surface area contributed by atoms with E-state index < -0.39 is 0 Å². The highest BCUT2D eigenvalue weighted by Crippen LogP contribution is 2.29. The van der Waals surface area contributed by atoms with Gasteiger partial charge in [-0.1, -0.05) is 44.2 Å². The van der Waals surface area contributed by atoms with Crippen molar-refractivity contribution < 1.29 is 10.2 Å². The second kappa shape index (κ2) is 6.19. The van der Waals surface area contributed by atoms with Crippen LogP contribution < -0.4 is 5.32 Å². The Labute approximate surface area is 126 Å². The van der Waals surface area contributed by atoms with Crippen LogP contribution in [0.2, 0.25) is 0 Å². The fourth-order valence-corrected chi connectivity index (χ4v) is 2.40. The van der Waals surface area contributed by atoms with Gasteiger partial charge in [-0.05, 0) is 30.7 Å². The Bertz CT molecular complexity index is 593. The number of phenolic OH excluding ortho intramolecular Hbond substituents is 2. The lowest BCUT2D eigenvalue weighted by atomic mass is 9.84. The van der Waals surface area contributed by atoms with Gasteiger partial charge in [0.05, 0.1) is 0 Å². The number of aromatic hydroxyl groups is 2. The van der Waals surface area contributed by atoms with Crippen LogP contribution in [0.1, 0.15) is 37.9 Å². The van der Waals surface area contributed by atoms with Crippen molar-refractivity contribution in [2.45, 2.75) is 32.2 Å². The van der Waals surface area contributed by atoms with Crippen LogP contribution in [0.15, 0.2) is 48.5 Å². The fraction of sp³-hybridized carbons (Fsp3) is 0.333. The highest BCUT2D eigenvalue weighted by molar-refractivity contribution is 5.40. The van der Waals surface area contributed by atoms with Crippen LogP contribution in [-0.2, 0) is 5.41 Å². The maximum Gasteiger partial charge on any atom is 0.120 e. The number of phenols is 2. The van der Waals surface area contributed by atoms with E-state index in [1.54, 1.807) is 6.07 Å². The van der Waals surface area contributed by atoms with Gasteiger partial charge >= 0.3 is 0 Å². The average molecular weight is 285 g/mol. The van der Waals surface area contributed by atoms with Crippen LogP contribution in [0.4, 0.5) is 0 Å². The van der Waals surface area contributed by atoms with Gasteiger partial charge in [0.25, 0.3) is 0 Å². The zero-order valence-electron chi connectivity index (χ0n) is 12.8. The quantitative estimate of drug-likeness (QED) is 0.734. The molecular formula is C18H23NO2. The van der Waals surface area contributed by atoms with Crippen molar-refractivity contribution in [3.8, 4) is 11.5 Å². The van der Waals surface area contributed by atoms with Crippen LogP contribution >= 0.6 is 0 Å². The predicted molar refractivity (Wildman–Crippen MR) is 85.7 cm³/mol. The lowest BCUT2D eigenvalue weighted by molar-refractivity contribution is 0.413. The first kappa shape index (κ1) is 15.4. The molecule has 0 fully saturated rings. The molecule has 0 saturated carbocycles. The van der Waals surface area contributed by atoms with E-state index in [4.69, 9.17) is 0 Å². The van der Waals surface area contributed by atoms with Crippen molar-refractivity contribution in [1.82, 2.24) is 5.32 Å². The Morgan fingerprint density at radius 2 is 1.71 bits per heavy atom. The fourth-order valence-electron chi connectivity index (χ4n) is 2.40. The normalized spacial score (nSPS) is 13.1. The molecule has 0 amide bonds. The highest BCUT2D eigenvalue weighted by Gasteiger charge is 2.21. The molecule has 0 aliphatic carbocycles. The number of rotatable bonds is 5. The van der Waals surface area contributed by atoms with Gasteiger partial charge in [0.15, 0.2) is 0 Å². The Hall–Kier alpha value is -2.00. The molecule has 112 valence electrons. The van der Waals surface area contributed by atoms with E-state index in [1.165, 1.54) is 17.7 Å². The summed E-state index contributed by atoms with van der Waals surface area (Å²) < 4.78 is 0. The second-order valence-electron chi connectivity index (χ2n) is 6.10. The first-order valence-electron chi connectivity index (χ1n) is 7.21. The molecule has 3 heteroatoms. The van der Waals surface area contributed by atoms with E-state index in [0.717, 1.165) is 6.54 Å².